The van der Waals surface area contributed by atoms with Crippen molar-refractivity contribution in [3.05, 3.63) is 52.8 Å². The number of nitrogens with zero attached hydrogens (tertiary/aromatic N) is 3. The van der Waals surface area contributed by atoms with Gasteiger partial charge in [0.1, 0.15) is 0 Å². The maximum atomic E-state index is 4.57. The van der Waals surface area contributed by atoms with Gasteiger partial charge < -0.3 is 4.90 Å². The number of para-hydroxylation sites is 1. The maximum absolute atomic E-state index is 4.57. The van der Waals surface area contributed by atoms with E-state index in [0.717, 1.165) is 4.96 Å². The molecule has 3 heterocycles. The fourth-order valence-corrected chi connectivity index (χ4v) is 6.43. The van der Waals surface area contributed by atoms with Crippen molar-refractivity contribution in [3.8, 4) is 0 Å². The number of thiazole rings is 1. The van der Waals surface area contributed by atoms with Crippen LogP contribution in [0.2, 0.25) is 0 Å². The van der Waals surface area contributed by atoms with Crippen molar-refractivity contribution in [1.82, 2.24) is 9.38 Å². The number of benzene rings is 1. The second-order valence-electron chi connectivity index (χ2n) is 7.32. The lowest BCUT2D eigenvalue weighted by Gasteiger charge is -2.45. The van der Waals surface area contributed by atoms with Crippen LogP contribution in [0, 0.1) is 6.92 Å². The molecule has 0 saturated heterocycles. The Morgan fingerprint density at radius 3 is 2.75 bits per heavy atom. The molecule has 0 amide bonds. The molecule has 0 unspecified atom stereocenters. The number of fused-ring (bicyclic) bond motifs is 4. The summed E-state index contributed by atoms with van der Waals surface area (Å²) in [5.41, 5.74) is 4.43. The van der Waals surface area contributed by atoms with Gasteiger partial charge in [-0.1, -0.05) is 48.8 Å². The van der Waals surface area contributed by atoms with Crippen molar-refractivity contribution in [2.24, 2.45) is 0 Å². The largest absolute Gasteiger partial charge is 0.352 e. The monoisotopic (exact) mass is 337 g/mol. The van der Waals surface area contributed by atoms with E-state index in [0.29, 0.717) is 6.04 Å². The Balaban J connectivity index is 1.77. The number of aromatic nitrogens is 2. The van der Waals surface area contributed by atoms with Gasteiger partial charge in [-0.2, -0.15) is 0 Å². The highest BCUT2D eigenvalue weighted by Crippen LogP contribution is 2.57. The molecule has 0 N–H and O–H groups in total. The van der Waals surface area contributed by atoms with Gasteiger partial charge in [-0.25, -0.2) is 4.98 Å². The van der Waals surface area contributed by atoms with E-state index >= 15 is 0 Å². The highest BCUT2D eigenvalue weighted by Gasteiger charge is 2.52. The zero-order valence-electron chi connectivity index (χ0n) is 14.3. The van der Waals surface area contributed by atoms with Crippen molar-refractivity contribution in [3.63, 3.8) is 0 Å². The molecule has 0 bridgehead atoms. The summed E-state index contributed by atoms with van der Waals surface area (Å²) in [4.78, 5) is 10.0. The quantitative estimate of drug-likeness (QED) is 0.589. The summed E-state index contributed by atoms with van der Waals surface area (Å²) in [6.45, 7) is 4.62. The first-order valence-corrected chi connectivity index (χ1v) is 9.85. The molecule has 124 valence electrons. The van der Waals surface area contributed by atoms with Crippen LogP contribution in [0.1, 0.15) is 61.2 Å². The second-order valence-corrected chi connectivity index (χ2v) is 8.30. The van der Waals surface area contributed by atoms with Crippen LogP contribution in [0.25, 0.3) is 4.96 Å². The Labute approximate surface area is 146 Å². The SMILES string of the molecule is Cc1ccccc1N1[C@@H](C)c2c(sc3nccn23)C12CCCCC2. The zero-order chi connectivity index (χ0) is 16.3. The van der Waals surface area contributed by atoms with E-state index in [4.69, 9.17) is 0 Å². The van der Waals surface area contributed by atoms with E-state index in [9.17, 15) is 0 Å². The Morgan fingerprint density at radius 2 is 1.96 bits per heavy atom. The van der Waals surface area contributed by atoms with Crippen LogP contribution in [0.15, 0.2) is 36.7 Å². The van der Waals surface area contributed by atoms with E-state index in [1.54, 1.807) is 4.88 Å². The molecule has 1 aromatic carbocycles. The molecular weight excluding hydrogens is 314 g/mol. The summed E-state index contributed by atoms with van der Waals surface area (Å²) in [6, 6.07) is 9.28. The molecule has 1 aliphatic heterocycles. The van der Waals surface area contributed by atoms with E-state index in [1.807, 2.05) is 17.5 Å². The second kappa shape index (κ2) is 5.09. The highest BCUT2D eigenvalue weighted by atomic mass is 32.1. The van der Waals surface area contributed by atoms with Gasteiger partial charge in [0.25, 0.3) is 0 Å². The third-order valence-corrected chi connectivity index (χ3v) is 7.29. The molecule has 1 fully saturated rings. The molecule has 4 heteroatoms. The molecule has 2 aliphatic rings. The fraction of sp³-hybridized carbons (Fsp3) is 0.450. The number of rotatable bonds is 1. The van der Waals surface area contributed by atoms with E-state index in [-0.39, 0.29) is 5.54 Å². The molecule has 1 spiro atoms. The van der Waals surface area contributed by atoms with Gasteiger partial charge in [0.05, 0.1) is 22.2 Å². The van der Waals surface area contributed by atoms with Crippen LogP contribution in [-0.4, -0.2) is 9.38 Å². The van der Waals surface area contributed by atoms with E-state index in [2.05, 4.69) is 58.6 Å². The third-order valence-electron chi connectivity index (χ3n) is 6.01. The Morgan fingerprint density at radius 1 is 1.17 bits per heavy atom. The topological polar surface area (TPSA) is 20.5 Å². The van der Waals surface area contributed by atoms with Gasteiger partial charge in [0.15, 0.2) is 4.96 Å². The molecule has 1 aliphatic carbocycles. The average molecular weight is 337 g/mol. The van der Waals surface area contributed by atoms with Crippen molar-refractivity contribution in [2.45, 2.75) is 57.5 Å². The number of anilines is 1. The van der Waals surface area contributed by atoms with Crippen LogP contribution >= 0.6 is 11.3 Å². The van der Waals surface area contributed by atoms with Crippen LogP contribution < -0.4 is 4.90 Å². The Hall–Kier alpha value is -1.81. The first-order chi connectivity index (χ1) is 11.7. The number of hydrogen-bond donors (Lipinski definition) is 0. The molecule has 3 aromatic rings. The first-order valence-electron chi connectivity index (χ1n) is 9.03. The molecular formula is C20H23N3S. The summed E-state index contributed by atoms with van der Waals surface area (Å²) in [7, 11) is 0. The first kappa shape index (κ1) is 14.5. The minimum absolute atomic E-state index is 0.171. The lowest BCUT2D eigenvalue weighted by Crippen LogP contribution is -2.44. The summed E-state index contributed by atoms with van der Waals surface area (Å²) in [5.74, 6) is 0. The average Bonchev–Trinajstić information content (AvgIpc) is 3.23. The van der Waals surface area contributed by atoms with Crippen molar-refractivity contribution < 1.29 is 0 Å². The van der Waals surface area contributed by atoms with Crippen molar-refractivity contribution >= 4 is 22.0 Å². The normalized spacial score (nSPS) is 22.4. The lowest BCUT2D eigenvalue weighted by molar-refractivity contribution is 0.288. The van der Waals surface area contributed by atoms with Gasteiger partial charge in [-0.3, -0.25) is 4.40 Å². The molecule has 3 nitrogen and oxygen atoms in total. The van der Waals surface area contributed by atoms with Gasteiger partial charge in [0.2, 0.25) is 0 Å². The van der Waals surface area contributed by atoms with Crippen LogP contribution in [0.5, 0.6) is 0 Å². The Kier molecular flexibility index (Phi) is 3.08. The Bertz CT molecular complexity index is 901. The van der Waals surface area contributed by atoms with Crippen LogP contribution in [-0.2, 0) is 5.54 Å². The van der Waals surface area contributed by atoms with Gasteiger partial charge in [-0.05, 0) is 38.3 Å². The molecule has 2 aromatic heterocycles. The fourth-order valence-electron chi connectivity index (χ4n) is 5.01. The third kappa shape index (κ3) is 1.75. The number of hydrogen-bond acceptors (Lipinski definition) is 3. The molecule has 1 saturated carbocycles. The van der Waals surface area contributed by atoms with E-state index in [1.165, 1.54) is 49.0 Å². The van der Waals surface area contributed by atoms with Crippen LogP contribution in [0.3, 0.4) is 0 Å². The minimum Gasteiger partial charge on any atom is -0.352 e. The molecule has 24 heavy (non-hydrogen) atoms. The number of aryl methyl sites for hydroxylation is 1. The summed E-state index contributed by atoms with van der Waals surface area (Å²) < 4.78 is 2.33. The van der Waals surface area contributed by atoms with Crippen LogP contribution in [0.4, 0.5) is 5.69 Å². The molecule has 0 radical (unpaired) electrons. The van der Waals surface area contributed by atoms with Gasteiger partial charge in [0, 0.05) is 18.1 Å². The molecule has 1 atom stereocenters. The van der Waals surface area contributed by atoms with Crippen molar-refractivity contribution in [2.75, 3.05) is 4.90 Å². The van der Waals surface area contributed by atoms with Crippen molar-refractivity contribution in [1.29, 1.82) is 0 Å². The van der Waals surface area contributed by atoms with E-state index < -0.39 is 0 Å². The zero-order valence-corrected chi connectivity index (χ0v) is 15.1. The smallest absolute Gasteiger partial charge is 0.194 e. The van der Waals surface area contributed by atoms with Gasteiger partial charge >= 0.3 is 0 Å². The standard InChI is InChI=1S/C20H23N3S/c1-14-8-4-5-9-16(14)23-15(2)17-18(20(23)10-6-3-7-11-20)24-19-21-12-13-22(17)19/h4-5,8-9,12-13,15H,3,6-7,10-11H2,1-2H3/t15-/m0/s1. The summed E-state index contributed by atoms with van der Waals surface area (Å²) >= 11 is 1.92. The maximum Gasteiger partial charge on any atom is 0.194 e. The lowest BCUT2D eigenvalue weighted by atomic mass is 9.80. The van der Waals surface area contributed by atoms with Gasteiger partial charge in [-0.15, -0.1) is 0 Å². The predicted molar refractivity (Wildman–Crippen MR) is 99.9 cm³/mol. The minimum atomic E-state index is 0.171. The highest BCUT2D eigenvalue weighted by molar-refractivity contribution is 7.17. The predicted octanol–water partition coefficient (Wildman–Crippen LogP) is 5.44. The molecule has 5 rings (SSSR count). The number of imidazole rings is 1. The summed E-state index contributed by atoms with van der Waals surface area (Å²) in [6.07, 6.45) is 10.6. The summed E-state index contributed by atoms with van der Waals surface area (Å²) in [5, 5.41) is 0.